The standard InChI is InChI=1S/C38H60N6O10/c1-10-25(4)35(30(52-8)18-32(48)44-17-11-12-29(44)36(53-9)26(5)21-45)42(6)33(49)20-40-37(50)34(24(2)3)43(7)38(51)54-22-27-13-15-28(16-14-27)41-31(47)19-39-23-46/h13-16,21,23-26,29-30,34-36H,10-12,17-20,22H2,1-9H3,(H,39,46)(H,40,50)(H,41,47)/t25?,26-,29-,30+,34?,35?,36+/m0/s1. The molecule has 54 heavy (non-hydrogen) atoms. The SMILES string of the molecule is CCC(C)C([C@@H](CC(=O)N1CCC[C@H]1[C@H](OC)[C@@H](C)C=O)OC)N(C)C(=O)CNC(=O)C(C(C)C)N(C)C(=O)OCc1ccc(NC(=O)CNC=O)cc1. The van der Waals surface area contributed by atoms with E-state index in [-0.39, 0.29) is 55.8 Å². The van der Waals surface area contributed by atoms with Gasteiger partial charge in [-0.25, -0.2) is 4.79 Å². The maximum absolute atomic E-state index is 13.7. The molecule has 1 aliphatic rings. The summed E-state index contributed by atoms with van der Waals surface area (Å²) in [6.07, 6.45) is 1.67. The van der Waals surface area contributed by atoms with Gasteiger partial charge in [0.2, 0.25) is 30.0 Å². The van der Waals surface area contributed by atoms with E-state index < -0.39 is 48.1 Å². The molecular weight excluding hydrogens is 700 g/mol. The summed E-state index contributed by atoms with van der Waals surface area (Å²) in [5, 5.41) is 7.59. The van der Waals surface area contributed by atoms with Gasteiger partial charge in [-0.3, -0.25) is 28.9 Å². The summed E-state index contributed by atoms with van der Waals surface area (Å²) < 4.78 is 17.0. The van der Waals surface area contributed by atoms with Crippen LogP contribution in [0, 0.1) is 17.8 Å². The second kappa shape index (κ2) is 22.6. The van der Waals surface area contributed by atoms with Gasteiger partial charge in [0.25, 0.3) is 0 Å². The molecule has 1 aromatic rings. The van der Waals surface area contributed by atoms with Gasteiger partial charge in [0.1, 0.15) is 18.9 Å². The number of likely N-dealkylation sites (N-methyl/N-ethyl adjacent to an activating group) is 2. The highest BCUT2D eigenvalue weighted by atomic mass is 16.6. The van der Waals surface area contributed by atoms with Crippen LogP contribution in [0.1, 0.15) is 65.9 Å². The number of benzene rings is 1. The number of aldehydes is 1. The van der Waals surface area contributed by atoms with E-state index >= 15 is 0 Å². The Bertz CT molecular complexity index is 1410. The highest BCUT2D eigenvalue weighted by molar-refractivity contribution is 5.93. The van der Waals surface area contributed by atoms with E-state index in [0.29, 0.717) is 30.6 Å². The molecule has 302 valence electrons. The molecule has 3 N–H and O–H groups in total. The van der Waals surface area contributed by atoms with Gasteiger partial charge in [-0.1, -0.05) is 53.2 Å². The molecule has 1 aromatic carbocycles. The first-order chi connectivity index (χ1) is 25.6. The zero-order chi connectivity index (χ0) is 40.5. The summed E-state index contributed by atoms with van der Waals surface area (Å²) in [6, 6.07) is 4.89. The molecule has 0 bridgehead atoms. The number of rotatable bonds is 22. The fraction of sp³-hybridized carbons (Fsp3) is 0.658. The summed E-state index contributed by atoms with van der Waals surface area (Å²) >= 11 is 0. The lowest BCUT2D eigenvalue weighted by atomic mass is 9.90. The van der Waals surface area contributed by atoms with Gasteiger partial charge in [-0.2, -0.15) is 0 Å². The van der Waals surface area contributed by atoms with Crippen LogP contribution in [0.3, 0.4) is 0 Å². The molecule has 1 heterocycles. The van der Waals surface area contributed by atoms with Gasteiger partial charge in [-0.15, -0.1) is 0 Å². The predicted molar refractivity (Wildman–Crippen MR) is 201 cm³/mol. The monoisotopic (exact) mass is 760 g/mol. The third-order valence-electron chi connectivity index (χ3n) is 10.1. The van der Waals surface area contributed by atoms with Crippen molar-refractivity contribution >= 4 is 48.1 Å². The number of likely N-dealkylation sites (tertiary alicyclic amines) is 1. The van der Waals surface area contributed by atoms with Crippen molar-refractivity contribution in [3.8, 4) is 0 Å². The quantitative estimate of drug-likeness (QED) is 0.148. The molecule has 1 fully saturated rings. The smallest absolute Gasteiger partial charge is 0.410 e. The third-order valence-corrected chi connectivity index (χ3v) is 10.1. The number of methoxy groups -OCH3 is 2. The molecule has 7 atom stereocenters. The highest BCUT2D eigenvalue weighted by Gasteiger charge is 2.41. The Morgan fingerprint density at radius 1 is 0.963 bits per heavy atom. The minimum absolute atomic E-state index is 0.0150. The minimum atomic E-state index is -0.950. The van der Waals surface area contributed by atoms with Gasteiger partial charge >= 0.3 is 6.09 Å². The van der Waals surface area contributed by atoms with Gasteiger partial charge in [0.05, 0.1) is 43.8 Å². The van der Waals surface area contributed by atoms with Crippen LogP contribution in [0.2, 0.25) is 0 Å². The lowest BCUT2D eigenvalue weighted by Gasteiger charge is -2.39. The Hall–Kier alpha value is -4.57. The van der Waals surface area contributed by atoms with Crippen LogP contribution in [-0.2, 0) is 49.6 Å². The number of hydrogen-bond donors (Lipinski definition) is 3. The number of nitrogens with zero attached hydrogens (tertiary/aromatic N) is 3. The van der Waals surface area contributed by atoms with Gasteiger partial charge in [0.15, 0.2) is 0 Å². The average Bonchev–Trinajstić information content (AvgIpc) is 3.64. The topological polar surface area (TPSA) is 193 Å². The molecule has 16 heteroatoms. The first-order valence-electron chi connectivity index (χ1n) is 18.4. The number of hydrogen-bond acceptors (Lipinski definition) is 10. The summed E-state index contributed by atoms with van der Waals surface area (Å²) in [6.45, 7) is 9.22. The van der Waals surface area contributed by atoms with E-state index in [4.69, 9.17) is 14.2 Å². The molecular formula is C38H60N6O10. The molecule has 0 aliphatic carbocycles. The Morgan fingerprint density at radius 3 is 2.19 bits per heavy atom. The van der Waals surface area contributed by atoms with Gasteiger partial charge in [0, 0.05) is 46.5 Å². The van der Waals surface area contributed by atoms with Crippen LogP contribution < -0.4 is 16.0 Å². The first kappa shape index (κ1) is 45.6. The molecule has 1 saturated heterocycles. The molecule has 1 aliphatic heterocycles. The van der Waals surface area contributed by atoms with Crippen LogP contribution in [0.5, 0.6) is 0 Å². The van der Waals surface area contributed by atoms with Crippen molar-refractivity contribution in [3.63, 3.8) is 0 Å². The minimum Gasteiger partial charge on any atom is -0.445 e. The number of carbonyl (C=O) groups excluding carboxylic acids is 7. The Kier molecular flexibility index (Phi) is 19.1. The normalized spacial score (nSPS) is 17.3. The van der Waals surface area contributed by atoms with Crippen molar-refractivity contribution in [3.05, 3.63) is 29.8 Å². The molecule has 2 rings (SSSR count). The lowest BCUT2D eigenvalue weighted by Crippen LogP contribution is -2.55. The third kappa shape index (κ3) is 12.8. The van der Waals surface area contributed by atoms with Gasteiger partial charge in [-0.05, 0) is 42.4 Å². The average molecular weight is 761 g/mol. The first-order valence-corrected chi connectivity index (χ1v) is 18.4. The van der Waals surface area contributed by atoms with Crippen LogP contribution in [0.4, 0.5) is 10.5 Å². The van der Waals surface area contributed by atoms with E-state index in [2.05, 4.69) is 16.0 Å². The van der Waals surface area contributed by atoms with Crippen LogP contribution in [0.25, 0.3) is 0 Å². The summed E-state index contributed by atoms with van der Waals surface area (Å²) in [7, 11) is 6.13. The van der Waals surface area contributed by atoms with Gasteiger partial charge < -0.3 is 44.8 Å². The van der Waals surface area contributed by atoms with E-state index in [1.165, 1.54) is 24.0 Å². The molecule has 6 amide bonds. The van der Waals surface area contributed by atoms with Crippen molar-refractivity contribution < 1.29 is 47.8 Å². The van der Waals surface area contributed by atoms with Crippen molar-refractivity contribution in [1.82, 2.24) is 25.3 Å². The summed E-state index contributed by atoms with van der Waals surface area (Å²) in [5.41, 5.74) is 1.13. The molecule has 0 aromatic heterocycles. The van der Waals surface area contributed by atoms with Crippen molar-refractivity contribution in [2.24, 2.45) is 17.8 Å². The van der Waals surface area contributed by atoms with E-state index in [0.717, 1.165) is 19.1 Å². The number of anilines is 1. The fourth-order valence-electron chi connectivity index (χ4n) is 6.98. The summed E-state index contributed by atoms with van der Waals surface area (Å²) in [4.78, 5) is 92.0. The van der Waals surface area contributed by atoms with E-state index in [1.54, 1.807) is 64.1 Å². The summed E-state index contributed by atoms with van der Waals surface area (Å²) in [5.74, 6) is -2.25. The highest BCUT2D eigenvalue weighted by Crippen LogP contribution is 2.28. The maximum Gasteiger partial charge on any atom is 0.410 e. The molecule has 0 radical (unpaired) electrons. The van der Waals surface area contributed by atoms with E-state index in [1.807, 2.05) is 13.8 Å². The largest absolute Gasteiger partial charge is 0.445 e. The number of ether oxygens (including phenoxy) is 3. The number of amides is 6. The molecule has 16 nitrogen and oxygen atoms in total. The fourth-order valence-corrected chi connectivity index (χ4v) is 6.98. The zero-order valence-electron chi connectivity index (χ0n) is 33.2. The second-order valence-electron chi connectivity index (χ2n) is 14.2. The van der Waals surface area contributed by atoms with Crippen molar-refractivity contribution in [2.45, 2.75) is 97.2 Å². The molecule has 0 saturated carbocycles. The van der Waals surface area contributed by atoms with Crippen LogP contribution in [0.15, 0.2) is 24.3 Å². The Morgan fingerprint density at radius 2 is 1.63 bits per heavy atom. The Labute approximate surface area is 319 Å². The molecule has 3 unspecified atom stereocenters. The Balaban J connectivity index is 2.05. The van der Waals surface area contributed by atoms with Crippen LogP contribution >= 0.6 is 0 Å². The zero-order valence-corrected chi connectivity index (χ0v) is 33.2. The predicted octanol–water partition coefficient (Wildman–Crippen LogP) is 2.20. The number of nitrogens with one attached hydrogen (secondary N) is 3. The van der Waals surface area contributed by atoms with Crippen LogP contribution in [-0.4, -0.2) is 135 Å². The van der Waals surface area contributed by atoms with Crippen molar-refractivity contribution in [1.29, 1.82) is 0 Å². The number of carbonyl (C=O) groups is 7. The van der Waals surface area contributed by atoms with Crippen molar-refractivity contribution in [2.75, 3.05) is 53.3 Å². The maximum atomic E-state index is 13.7. The van der Waals surface area contributed by atoms with E-state index in [9.17, 15) is 33.6 Å². The second-order valence-corrected chi connectivity index (χ2v) is 14.2. The lowest BCUT2D eigenvalue weighted by molar-refractivity contribution is -0.145. The molecule has 0 spiro atoms.